The Morgan fingerprint density at radius 3 is 2.79 bits per heavy atom. The summed E-state index contributed by atoms with van der Waals surface area (Å²) in [6, 6.07) is 5.74. The normalized spacial score (nSPS) is 17.1. The zero-order chi connectivity index (χ0) is 13.2. The van der Waals surface area contributed by atoms with Gasteiger partial charge in [0.05, 0.1) is 18.7 Å². The van der Waals surface area contributed by atoms with E-state index in [4.69, 9.17) is 4.74 Å². The summed E-state index contributed by atoms with van der Waals surface area (Å²) < 4.78 is 7.58. The van der Waals surface area contributed by atoms with E-state index in [0.717, 1.165) is 50.3 Å². The summed E-state index contributed by atoms with van der Waals surface area (Å²) in [5.74, 6) is 0.382. The summed E-state index contributed by atoms with van der Waals surface area (Å²) in [6.45, 7) is 7.46. The summed E-state index contributed by atoms with van der Waals surface area (Å²) in [4.78, 5) is 2.38. The Labute approximate surface area is 113 Å². The maximum atomic E-state index is 10.1. The number of rotatable bonds is 3. The van der Waals surface area contributed by atoms with Gasteiger partial charge in [-0.05, 0) is 24.6 Å². The molecule has 1 aliphatic heterocycles. The molecule has 0 atom stereocenters. The first-order valence-corrected chi connectivity index (χ1v) is 6.89. The molecule has 0 saturated carbocycles. The van der Waals surface area contributed by atoms with Gasteiger partial charge < -0.3 is 14.4 Å². The molecular formula is C15H20N2O2. The first kappa shape index (κ1) is 12.5. The average Bonchev–Trinajstić information content (AvgIpc) is 2.79. The highest BCUT2D eigenvalue weighted by Gasteiger charge is 2.16. The Morgan fingerprint density at radius 2 is 2.05 bits per heavy atom. The number of ether oxygens (including phenoxy) is 1. The summed E-state index contributed by atoms with van der Waals surface area (Å²) in [7, 11) is 0. The number of aryl methyl sites for hydroxylation is 1. The molecule has 2 aromatic rings. The number of phenolic OH excluding ortho intramolecular Hbond substituents is 1. The van der Waals surface area contributed by atoms with E-state index in [-0.39, 0.29) is 0 Å². The standard InChI is InChI=1S/C15H20N2O2/c1-2-17-11-12(10-16-6-8-19-9-7-16)15-13(17)4-3-5-14(15)18/h3-5,11,18H,2,6-10H2,1H3. The summed E-state index contributed by atoms with van der Waals surface area (Å²) >= 11 is 0. The van der Waals surface area contributed by atoms with Crippen LogP contribution < -0.4 is 0 Å². The number of nitrogens with zero attached hydrogens (tertiary/aromatic N) is 2. The van der Waals surface area contributed by atoms with Crippen LogP contribution in [0.4, 0.5) is 0 Å². The fourth-order valence-corrected chi connectivity index (χ4v) is 2.80. The molecule has 102 valence electrons. The van der Waals surface area contributed by atoms with Crippen LogP contribution in [0, 0.1) is 0 Å². The molecule has 1 fully saturated rings. The van der Waals surface area contributed by atoms with E-state index in [1.54, 1.807) is 6.07 Å². The van der Waals surface area contributed by atoms with Crippen LogP contribution in [0.5, 0.6) is 5.75 Å². The number of morpholine rings is 1. The fraction of sp³-hybridized carbons (Fsp3) is 0.467. The molecular weight excluding hydrogens is 240 g/mol. The van der Waals surface area contributed by atoms with Crippen molar-refractivity contribution in [2.45, 2.75) is 20.0 Å². The first-order valence-electron chi connectivity index (χ1n) is 6.89. The lowest BCUT2D eigenvalue weighted by Gasteiger charge is -2.26. The average molecular weight is 260 g/mol. The number of benzene rings is 1. The molecule has 0 amide bonds. The molecule has 0 spiro atoms. The molecule has 0 bridgehead atoms. The summed E-state index contributed by atoms with van der Waals surface area (Å²) in [5.41, 5.74) is 2.32. The Balaban J connectivity index is 1.98. The van der Waals surface area contributed by atoms with Crippen LogP contribution in [0.2, 0.25) is 0 Å². The van der Waals surface area contributed by atoms with Crippen LogP contribution in [-0.4, -0.2) is 40.9 Å². The van der Waals surface area contributed by atoms with E-state index in [0.29, 0.717) is 5.75 Å². The third-order valence-corrected chi connectivity index (χ3v) is 3.80. The van der Waals surface area contributed by atoms with Gasteiger partial charge in [-0.3, -0.25) is 4.90 Å². The van der Waals surface area contributed by atoms with E-state index in [1.165, 1.54) is 5.56 Å². The van der Waals surface area contributed by atoms with Crippen LogP contribution in [0.25, 0.3) is 10.9 Å². The van der Waals surface area contributed by atoms with Gasteiger partial charge in [0.2, 0.25) is 0 Å². The summed E-state index contributed by atoms with van der Waals surface area (Å²) in [5, 5.41) is 11.1. The zero-order valence-electron chi connectivity index (χ0n) is 11.3. The number of fused-ring (bicyclic) bond motifs is 1. The third kappa shape index (κ3) is 2.33. The van der Waals surface area contributed by atoms with Crippen LogP contribution in [0.1, 0.15) is 12.5 Å². The van der Waals surface area contributed by atoms with Crippen LogP contribution in [0.15, 0.2) is 24.4 Å². The largest absolute Gasteiger partial charge is 0.507 e. The minimum atomic E-state index is 0.382. The molecule has 0 unspecified atom stereocenters. The minimum absolute atomic E-state index is 0.382. The Hall–Kier alpha value is -1.52. The minimum Gasteiger partial charge on any atom is -0.507 e. The molecule has 0 radical (unpaired) electrons. The van der Waals surface area contributed by atoms with Gasteiger partial charge in [-0.2, -0.15) is 0 Å². The van der Waals surface area contributed by atoms with E-state index >= 15 is 0 Å². The number of hydrogen-bond acceptors (Lipinski definition) is 3. The van der Waals surface area contributed by atoms with E-state index in [2.05, 4.69) is 28.7 Å². The van der Waals surface area contributed by atoms with Gasteiger partial charge in [-0.1, -0.05) is 6.07 Å². The van der Waals surface area contributed by atoms with Gasteiger partial charge in [0.25, 0.3) is 0 Å². The summed E-state index contributed by atoms with van der Waals surface area (Å²) in [6.07, 6.45) is 2.17. The highest BCUT2D eigenvalue weighted by Crippen LogP contribution is 2.30. The van der Waals surface area contributed by atoms with Gasteiger partial charge in [0.15, 0.2) is 0 Å². The molecule has 3 rings (SSSR count). The smallest absolute Gasteiger partial charge is 0.125 e. The monoisotopic (exact) mass is 260 g/mol. The SMILES string of the molecule is CCn1cc(CN2CCOCC2)c2c(O)cccc21. The van der Waals surface area contributed by atoms with Gasteiger partial charge >= 0.3 is 0 Å². The fourth-order valence-electron chi connectivity index (χ4n) is 2.80. The second kappa shape index (κ2) is 5.23. The molecule has 4 nitrogen and oxygen atoms in total. The third-order valence-electron chi connectivity index (χ3n) is 3.80. The van der Waals surface area contributed by atoms with Crippen LogP contribution >= 0.6 is 0 Å². The second-order valence-electron chi connectivity index (χ2n) is 5.00. The van der Waals surface area contributed by atoms with Gasteiger partial charge in [0, 0.05) is 37.8 Å². The lowest BCUT2D eigenvalue weighted by molar-refractivity contribution is 0.0343. The van der Waals surface area contributed by atoms with Crippen molar-refractivity contribution in [2.24, 2.45) is 0 Å². The molecule has 1 aromatic carbocycles. The van der Waals surface area contributed by atoms with Crippen molar-refractivity contribution in [2.75, 3.05) is 26.3 Å². The Morgan fingerprint density at radius 1 is 1.26 bits per heavy atom. The zero-order valence-corrected chi connectivity index (χ0v) is 11.3. The number of aromatic nitrogens is 1. The molecule has 0 aliphatic carbocycles. The highest BCUT2D eigenvalue weighted by atomic mass is 16.5. The van der Waals surface area contributed by atoms with E-state index < -0.39 is 0 Å². The van der Waals surface area contributed by atoms with Crippen molar-refractivity contribution in [1.29, 1.82) is 0 Å². The predicted octanol–water partition coefficient (Wildman–Crippen LogP) is 2.20. The Kier molecular flexibility index (Phi) is 3.44. The topological polar surface area (TPSA) is 37.6 Å². The van der Waals surface area contributed by atoms with Crippen molar-refractivity contribution >= 4 is 10.9 Å². The second-order valence-corrected chi connectivity index (χ2v) is 5.00. The van der Waals surface area contributed by atoms with Crippen LogP contribution in [-0.2, 0) is 17.8 Å². The quantitative estimate of drug-likeness (QED) is 0.919. The van der Waals surface area contributed by atoms with Gasteiger partial charge in [-0.25, -0.2) is 0 Å². The van der Waals surface area contributed by atoms with Crippen molar-refractivity contribution in [3.8, 4) is 5.75 Å². The van der Waals surface area contributed by atoms with Crippen molar-refractivity contribution < 1.29 is 9.84 Å². The van der Waals surface area contributed by atoms with E-state index in [1.807, 2.05) is 6.07 Å². The molecule has 1 aliphatic rings. The van der Waals surface area contributed by atoms with Gasteiger partial charge in [-0.15, -0.1) is 0 Å². The molecule has 1 aromatic heterocycles. The molecule has 2 heterocycles. The number of phenols is 1. The highest BCUT2D eigenvalue weighted by molar-refractivity contribution is 5.89. The van der Waals surface area contributed by atoms with Crippen molar-refractivity contribution in [1.82, 2.24) is 9.47 Å². The molecule has 19 heavy (non-hydrogen) atoms. The van der Waals surface area contributed by atoms with E-state index in [9.17, 15) is 5.11 Å². The van der Waals surface area contributed by atoms with Crippen LogP contribution in [0.3, 0.4) is 0 Å². The van der Waals surface area contributed by atoms with Crippen molar-refractivity contribution in [3.63, 3.8) is 0 Å². The number of aromatic hydroxyl groups is 1. The lowest BCUT2D eigenvalue weighted by Crippen LogP contribution is -2.35. The maximum Gasteiger partial charge on any atom is 0.125 e. The number of hydrogen-bond donors (Lipinski definition) is 1. The predicted molar refractivity (Wildman–Crippen MR) is 75.4 cm³/mol. The molecule has 1 saturated heterocycles. The first-order chi connectivity index (χ1) is 9.29. The van der Waals surface area contributed by atoms with Crippen molar-refractivity contribution in [3.05, 3.63) is 30.0 Å². The lowest BCUT2D eigenvalue weighted by atomic mass is 10.1. The molecule has 4 heteroatoms. The Bertz CT molecular complexity index is 571. The maximum absolute atomic E-state index is 10.1. The molecule has 1 N–H and O–H groups in total. The van der Waals surface area contributed by atoms with Gasteiger partial charge in [0.1, 0.15) is 5.75 Å².